The van der Waals surface area contributed by atoms with Crippen LogP contribution in [-0.4, -0.2) is 30.6 Å². The van der Waals surface area contributed by atoms with Crippen LogP contribution in [0.15, 0.2) is 18.2 Å². The Labute approximate surface area is 101 Å². The molecule has 1 aliphatic rings. The van der Waals surface area contributed by atoms with Crippen LogP contribution in [0.2, 0.25) is 0 Å². The van der Waals surface area contributed by atoms with Gasteiger partial charge in [0.15, 0.2) is 0 Å². The average molecular weight is 234 g/mol. The fraction of sp³-hybridized carbons (Fsp3) is 0.462. The zero-order chi connectivity index (χ0) is 12.3. The molecule has 1 fully saturated rings. The van der Waals surface area contributed by atoms with Gasteiger partial charge in [0.1, 0.15) is 5.75 Å². The third kappa shape index (κ3) is 2.97. The number of amides is 1. The highest BCUT2D eigenvalue weighted by Crippen LogP contribution is 2.17. The van der Waals surface area contributed by atoms with Crippen molar-refractivity contribution in [2.75, 3.05) is 19.6 Å². The quantitative estimate of drug-likeness (QED) is 0.732. The number of hydrogen-bond acceptors (Lipinski definition) is 3. The van der Waals surface area contributed by atoms with Crippen molar-refractivity contribution in [2.45, 2.75) is 13.3 Å². The summed E-state index contributed by atoms with van der Waals surface area (Å²) in [7, 11) is 0. The molecule has 1 aromatic rings. The zero-order valence-corrected chi connectivity index (χ0v) is 9.99. The minimum atomic E-state index is -0.118. The second-order valence-electron chi connectivity index (χ2n) is 4.57. The summed E-state index contributed by atoms with van der Waals surface area (Å²) < 4.78 is 0. The molecule has 1 aromatic carbocycles. The van der Waals surface area contributed by atoms with E-state index in [1.807, 2.05) is 0 Å². The lowest BCUT2D eigenvalue weighted by Gasteiger charge is -2.10. The molecule has 0 aromatic heterocycles. The third-order valence-electron chi connectivity index (χ3n) is 3.18. The highest BCUT2D eigenvalue weighted by molar-refractivity contribution is 5.94. The summed E-state index contributed by atoms with van der Waals surface area (Å²) in [4.78, 5) is 11.8. The third-order valence-corrected chi connectivity index (χ3v) is 3.18. The van der Waals surface area contributed by atoms with Crippen LogP contribution in [0.4, 0.5) is 0 Å². The second-order valence-corrected chi connectivity index (χ2v) is 4.57. The molecule has 0 aliphatic carbocycles. The lowest BCUT2D eigenvalue weighted by atomic mass is 10.1. The van der Waals surface area contributed by atoms with Gasteiger partial charge in [0.05, 0.1) is 0 Å². The van der Waals surface area contributed by atoms with E-state index in [9.17, 15) is 9.90 Å². The molecular formula is C13H18N2O2. The first-order valence-corrected chi connectivity index (χ1v) is 5.95. The highest BCUT2D eigenvalue weighted by Gasteiger charge is 2.15. The van der Waals surface area contributed by atoms with Crippen LogP contribution >= 0.6 is 0 Å². The van der Waals surface area contributed by atoms with Crippen LogP contribution in [0.3, 0.4) is 0 Å². The van der Waals surface area contributed by atoms with E-state index in [4.69, 9.17) is 0 Å². The summed E-state index contributed by atoms with van der Waals surface area (Å²) in [5.74, 6) is 0.574. The molecule has 1 saturated heterocycles. The fourth-order valence-electron chi connectivity index (χ4n) is 1.98. The molecule has 0 spiro atoms. The molecule has 4 nitrogen and oxygen atoms in total. The van der Waals surface area contributed by atoms with Gasteiger partial charge in [-0.1, -0.05) is 6.07 Å². The van der Waals surface area contributed by atoms with Crippen molar-refractivity contribution >= 4 is 5.91 Å². The Morgan fingerprint density at radius 2 is 2.41 bits per heavy atom. The number of aryl methyl sites for hydroxylation is 1. The van der Waals surface area contributed by atoms with Crippen molar-refractivity contribution < 1.29 is 9.90 Å². The molecule has 1 aliphatic heterocycles. The number of carbonyl (C=O) groups excluding carboxylic acids is 1. The summed E-state index contributed by atoms with van der Waals surface area (Å²) >= 11 is 0. The van der Waals surface area contributed by atoms with E-state index in [1.165, 1.54) is 6.07 Å². The number of aromatic hydroxyl groups is 1. The van der Waals surface area contributed by atoms with E-state index in [1.54, 1.807) is 19.1 Å². The van der Waals surface area contributed by atoms with Crippen molar-refractivity contribution in [3.63, 3.8) is 0 Å². The van der Waals surface area contributed by atoms with Crippen LogP contribution in [0.25, 0.3) is 0 Å². The van der Waals surface area contributed by atoms with E-state index in [-0.39, 0.29) is 11.7 Å². The fourth-order valence-corrected chi connectivity index (χ4v) is 1.98. The van der Waals surface area contributed by atoms with E-state index < -0.39 is 0 Å². The predicted octanol–water partition coefficient (Wildman–Crippen LogP) is 1.04. The monoisotopic (exact) mass is 234 g/mol. The highest BCUT2D eigenvalue weighted by atomic mass is 16.3. The molecule has 1 amide bonds. The topological polar surface area (TPSA) is 61.4 Å². The van der Waals surface area contributed by atoms with Crippen molar-refractivity contribution in [1.29, 1.82) is 0 Å². The summed E-state index contributed by atoms with van der Waals surface area (Å²) in [5, 5.41) is 15.7. The average Bonchev–Trinajstić information content (AvgIpc) is 2.82. The standard InChI is InChI=1S/C13H18N2O2/c1-9-2-3-11(6-12(9)16)13(17)15-8-10-4-5-14-7-10/h2-3,6,10,14,16H,4-5,7-8H2,1H3,(H,15,17). The van der Waals surface area contributed by atoms with Crippen molar-refractivity contribution in [1.82, 2.24) is 10.6 Å². The van der Waals surface area contributed by atoms with Gasteiger partial charge in [0.25, 0.3) is 5.91 Å². The SMILES string of the molecule is Cc1ccc(C(=O)NCC2CCNC2)cc1O. The molecule has 2 rings (SSSR count). The molecule has 0 bridgehead atoms. The second kappa shape index (κ2) is 5.19. The van der Waals surface area contributed by atoms with Crippen LogP contribution in [-0.2, 0) is 0 Å². The van der Waals surface area contributed by atoms with Crippen LogP contribution in [0.1, 0.15) is 22.3 Å². The van der Waals surface area contributed by atoms with E-state index in [0.717, 1.165) is 25.1 Å². The lowest BCUT2D eigenvalue weighted by Crippen LogP contribution is -2.30. The minimum absolute atomic E-state index is 0.118. The maximum Gasteiger partial charge on any atom is 0.251 e. The Hall–Kier alpha value is -1.55. The molecule has 0 radical (unpaired) electrons. The molecule has 1 unspecified atom stereocenters. The Balaban J connectivity index is 1.92. The molecular weight excluding hydrogens is 216 g/mol. The van der Waals surface area contributed by atoms with Crippen molar-refractivity contribution in [3.8, 4) is 5.75 Å². The largest absolute Gasteiger partial charge is 0.508 e. The van der Waals surface area contributed by atoms with Crippen molar-refractivity contribution in [2.24, 2.45) is 5.92 Å². The maximum atomic E-state index is 11.8. The van der Waals surface area contributed by atoms with Gasteiger partial charge in [0, 0.05) is 12.1 Å². The number of phenolic OH excluding ortho intramolecular Hbond substituents is 1. The summed E-state index contributed by atoms with van der Waals surface area (Å²) in [6.45, 7) is 4.51. The van der Waals surface area contributed by atoms with Gasteiger partial charge in [-0.2, -0.15) is 0 Å². The Morgan fingerprint density at radius 1 is 1.59 bits per heavy atom. The van der Waals surface area contributed by atoms with Gasteiger partial charge in [-0.15, -0.1) is 0 Å². The number of carbonyl (C=O) groups is 1. The van der Waals surface area contributed by atoms with Gasteiger partial charge in [0.2, 0.25) is 0 Å². The number of phenols is 1. The Kier molecular flexibility index (Phi) is 3.64. The molecule has 17 heavy (non-hydrogen) atoms. The number of rotatable bonds is 3. The number of nitrogens with one attached hydrogen (secondary N) is 2. The first-order valence-electron chi connectivity index (χ1n) is 5.95. The van der Waals surface area contributed by atoms with E-state index >= 15 is 0 Å². The Bertz CT molecular complexity index is 412. The van der Waals surface area contributed by atoms with Crippen LogP contribution < -0.4 is 10.6 Å². The minimum Gasteiger partial charge on any atom is -0.508 e. The van der Waals surface area contributed by atoms with E-state index in [2.05, 4.69) is 10.6 Å². The van der Waals surface area contributed by atoms with Crippen LogP contribution in [0, 0.1) is 12.8 Å². The van der Waals surface area contributed by atoms with E-state index in [0.29, 0.717) is 18.0 Å². The molecule has 3 N–H and O–H groups in total. The smallest absolute Gasteiger partial charge is 0.251 e. The molecule has 0 saturated carbocycles. The van der Waals surface area contributed by atoms with Crippen molar-refractivity contribution in [3.05, 3.63) is 29.3 Å². The summed E-state index contributed by atoms with van der Waals surface area (Å²) in [6.07, 6.45) is 1.11. The summed E-state index contributed by atoms with van der Waals surface area (Å²) in [6, 6.07) is 5.00. The maximum absolute atomic E-state index is 11.8. The van der Waals surface area contributed by atoms with Gasteiger partial charge in [-0.05, 0) is 50.0 Å². The first kappa shape index (κ1) is 11.9. The number of benzene rings is 1. The Morgan fingerprint density at radius 3 is 3.06 bits per heavy atom. The molecule has 4 heteroatoms. The van der Waals surface area contributed by atoms with Gasteiger partial charge < -0.3 is 15.7 Å². The normalized spacial score (nSPS) is 19.2. The lowest BCUT2D eigenvalue weighted by molar-refractivity contribution is 0.0948. The summed E-state index contributed by atoms with van der Waals surface area (Å²) in [5.41, 5.74) is 1.29. The van der Waals surface area contributed by atoms with Gasteiger partial charge >= 0.3 is 0 Å². The van der Waals surface area contributed by atoms with Gasteiger partial charge in [-0.3, -0.25) is 4.79 Å². The number of hydrogen-bond donors (Lipinski definition) is 3. The zero-order valence-electron chi connectivity index (χ0n) is 9.99. The molecule has 92 valence electrons. The molecule has 1 heterocycles. The predicted molar refractivity (Wildman–Crippen MR) is 66.2 cm³/mol. The van der Waals surface area contributed by atoms with Crippen LogP contribution in [0.5, 0.6) is 5.75 Å². The van der Waals surface area contributed by atoms with Gasteiger partial charge in [-0.25, -0.2) is 0 Å². The first-order chi connectivity index (χ1) is 8.16. The molecule has 1 atom stereocenters.